The fraction of sp³-hybridized carbons (Fsp3) is 0.125. The van der Waals surface area contributed by atoms with E-state index in [0.29, 0.717) is 12.0 Å². The first-order chi connectivity index (χ1) is 11.4. The quantitative estimate of drug-likeness (QED) is 0.460. The van der Waals surface area contributed by atoms with Crippen molar-refractivity contribution in [1.82, 2.24) is 0 Å². The lowest BCUT2D eigenvalue weighted by Crippen LogP contribution is -2.20. The number of carbonyl (C=O) groups is 2. The molecular weight excluding hydrogens is 380 g/mol. The Labute approximate surface area is 145 Å². The molecule has 0 bridgehead atoms. The molecular formula is C16H13BrN2O5. The molecule has 0 saturated carbocycles. The summed E-state index contributed by atoms with van der Waals surface area (Å²) < 4.78 is 6.13. The molecule has 124 valence electrons. The van der Waals surface area contributed by atoms with E-state index in [1.54, 1.807) is 12.1 Å². The number of hydrogen-bond donors (Lipinski definition) is 1. The van der Waals surface area contributed by atoms with Gasteiger partial charge in [0.2, 0.25) is 0 Å². The number of benzene rings is 2. The number of carbonyl (C=O) groups excluding carboxylic acids is 2. The molecule has 7 nitrogen and oxygen atoms in total. The van der Waals surface area contributed by atoms with E-state index in [2.05, 4.69) is 21.2 Å². The third-order valence-corrected chi connectivity index (χ3v) is 4.00. The number of nitrogens with zero attached hydrogens (tertiary/aromatic N) is 1. The number of rotatable bonds is 6. The average Bonchev–Trinajstić information content (AvgIpc) is 2.56. The van der Waals surface area contributed by atoms with Crippen LogP contribution in [0, 0.1) is 17.0 Å². The minimum atomic E-state index is -0.612. The zero-order valence-electron chi connectivity index (χ0n) is 12.6. The van der Waals surface area contributed by atoms with Gasteiger partial charge < -0.3 is 10.1 Å². The van der Waals surface area contributed by atoms with Gasteiger partial charge in [0.05, 0.1) is 10.5 Å². The van der Waals surface area contributed by atoms with Gasteiger partial charge in [-0.2, -0.15) is 0 Å². The van der Waals surface area contributed by atoms with Crippen LogP contribution in [0.5, 0.6) is 5.75 Å². The molecule has 2 aromatic rings. The van der Waals surface area contributed by atoms with Gasteiger partial charge in [-0.15, -0.1) is 0 Å². The van der Waals surface area contributed by atoms with Crippen molar-refractivity contribution in [2.24, 2.45) is 0 Å². The number of halogens is 1. The number of nitro groups is 1. The molecule has 1 amide bonds. The molecule has 0 fully saturated rings. The number of hydrogen-bond acceptors (Lipinski definition) is 5. The molecule has 0 aliphatic heterocycles. The molecule has 0 spiro atoms. The topological polar surface area (TPSA) is 98.5 Å². The number of amides is 1. The summed E-state index contributed by atoms with van der Waals surface area (Å²) in [6.45, 7) is 1.60. The summed E-state index contributed by atoms with van der Waals surface area (Å²) in [5.74, 6) is -0.309. The van der Waals surface area contributed by atoms with E-state index in [0.717, 1.165) is 16.1 Å². The van der Waals surface area contributed by atoms with Gasteiger partial charge in [-0.05, 0) is 30.7 Å². The number of nitro benzene ring substituents is 1. The number of aldehydes is 1. The summed E-state index contributed by atoms with van der Waals surface area (Å²) in [7, 11) is 0. The van der Waals surface area contributed by atoms with Crippen LogP contribution in [0.2, 0.25) is 0 Å². The van der Waals surface area contributed by atoms with Gasteiger partial charge in [-0.3, -0.25) is 19.7 Å². The maximum atomic E-state index is 11.9. The van der Waals surface area contributed by atoms with Crippen LogP contribution in [0.4, 0.5) is 11.4 Å². The lowest BCUT2D eigenvalue weighted by molar-refractivity contribution is -0.384. The van der Waals surface area contributed by atoms with Crippen molar-refractivity contribution >= 4 is 39.5 Å². The second-order valence-electron chi connectivity index (χ2n) is 4.90. The molecule has 0 atom stereocenters. The van der Waals surface area contributed by atoms with E-state index in [9.17, 15) is 19.7 Å². The van der Waals surface area contributed by atoms with Crippen molar-refractivity contribution in [2.45, 2.75) is 6.92 Å². The maximum absolute atomic E-state index is 11.9. The number of nitrogens with one attached hydrogen (secondary N) is 1. The third kappa shape index (κ3) is 4.39. The van der Waals surface area contributed by atoms with Gasteiger partial charge in [-0.25, -0.2) is 0 Å². The first-order valence-corrected chi connectivity index (χ1v) is 7.62. The van der Waals surface area contributed by atoms with Gasteiger partial charge in [0.15, 0.2) is 12.9 Å². The standard InChI is InChI=1S/C16H13BrN2O5/c1-10-2-3-12(7-14(10)17)18-16(21)9-24-15-5-4-13(19(22)23)6-11(15)8-20/h2-8H,9H2,1H3,(H,18,21). The minimum Gasteiger partial charge on any atom is -0.483 e. The van der Waals surface area contributed by atoms with Crippen molar-refractivity contribution in [3.8, 4) is 5.75 Å². The Morgan fingerprint density at radius 1 is 1.33 bits per heavy atom. The Balaban J connectivity index is 2.02. The molecule has 0 aliphatic carbocycles. The lowest BCUT2D eigenvalue weighted by Gasteiger charge is -2.10. The van der Waals surface area contributed by atoms with Gasteiger partial charge in [0, 0.05) is 22.3 Å². The highest BCUT2D eigenvalue weighted by molar-refractivity contribution is 9.10. The summed E-state index contributed by atoms with van der Waals surface area (Å²) in [6, 6.07) is 8.95. The van der Waals surface area contributed by atoms with Crippen LogP contribution in [0.1, 0.15) is 15.9 Å². The molecule has 2 aromatic carbocycles. The zero-order chi connectivity index (χ0) is 17.7. The Morgan fingerprint density at radius 2 is 2.08 bits per heavy atom. The van der Waals surface area contributed by atoms with Crippen LogP contribution < -0.4 is 10.1 Å². The van der Waals surface area contributed by atoms with E-state index in [1.165, 1.54) is 12.1 Å². The molecule has 0 heterocycles. The zero-order valence-corrected chi connectivity index (χ0v) is 14.2. The highest BCUT2D eigenvalue weighted by Gasteiger charge is 2.13. The molecule has 0 radical (unpaired) electrons. The van der Waals surface area contributed by atoms with Crippen LogP contribution in [0.3, 0.4) is 0 Å². The largest absolute Gasteiger partial charge is 0.483 e. The maximum Gasteiger partial charge on any atom is 0.270 e. The number of ether oxygens (including phenoxy) is 1. The fourth-order valence-corrected chi connectivity index (χ4v) is 2.26. The number of aryl methyl sites for hydroxylation is 1. The van der Waals surface area contributed by atoms with Crippen molar-refractivity contribution in [3.05, 3.63) is 62.1 Å². The van der Waals surface area contributed by atoms with E-state index in [4.69, 9.17) is 4.74 Å². The predicted octanol–water partition coefficient (Wildman–Crippen LogP) is 3.50. The minimum absolute atomic E-state index is 0.00933. The van der Waals surface area contributed by atoms with Crippen LogP contribution in [0.25, 0.3) is 0 Å². The van der Waals surface area contributed by atoms with Gasteiger partial charge in [-0.1, -0.05) is 22.0 Å². The van der Waals surface area contributed by atoms with Gasteiger partial charge in [0.25, 0.3) is 11.6 Å². The Hall–Kier alpha value is -2.74. The first-order valence-electron chi connectivity index (χ1n) is 6.83. The Bertz CT molecular complexity index is 807. The van der Waals surface area contributed by atoms with Crippen molar-refractivity contribution < 1.29 is 19.2 Å². The molecule has 0 unspecified atom stereocenters. The molecule has 0 saturated heterocycles. The molecule has 8 heteroatoms. The molecule has 2 rings (SSSR count). The highest BCUT2D eigenvalue weighted by Crippen LogP contribution is 2.23. The SMILES string of the molecule is Cc1ccc(NC(=O)COc2ccc([N+](=O)[O-])cc2C=O)cc1Br. The summed E-state index contributed by atoms with van der Waals surface area (Å²) in [6.07, 6.45) is 0.442. The number of non-ortho nitro benzene ring substituents is 1. The number of anilines is 1. The van der Waals surface area contributed by atoms with E-state index in [1.807, 2.05) is 13.0 Å². The van der Waals surface area contributed by atoms with E-state index >= 15 is 0 Å². The third-order valence-electron chi connectivity index (χ3n) is 3.15. The summed E-state index contributed by atoms with van der Waals surface area (Å²) in [4.78, 5) is 33.0. The second-order valence-corrected chi connectivity index (χ2v) is 5.75. The van der Waals surface area contributed by atoms with Gasteiger partial charge in [0.1, 0.15) is 5.75 Å². The fourth-order valence-electron chi connectivity index (χ4n) is 1.88. The summed E-state index contributed by atoms with van der Waals surface area (Å²) in [5.41, 5.74) is 1.42. The van der Waals surface area contributed by atoms with Crippen molar-refractivity contribution in [2.75, 3.05) is 11.9 Å². The highest BCUT2D eigenvalue weighted by atomic mass is 79.9. The van der Waals surface area contributed by atoms with Gasteiger partial charge >= 0.3 is 0 Å². The summed E-state index contributed by atoms with van der Waals surface area (Å²) in [5, 5.41) is 13.3. The predicted molar refractivity (Wildman–Crippen MR) is 91.5 cm³/mol. The summed E-state index contributed by atoms with van der Waals surface area (Å²) >= 11 is 3.37. The molecule has 0 aliphatic rings. The Kier molecular flexibility index (Phi) is 5.64. The smallest absolute Gasteiger partial charge is 0.270 e. The monoisotopic (exact) mass is 392 g/mol. The average molecular weight is 393 g/mol. The van der Waals surface area contributed by atoms with Crippen molar-refractivity contribution in [3.63, 3.8) is 0 Å². The van der Waals surface area contributed by atoms with Crippen LogP contribution >= 0.6 is 15.9 Å². The Morgan fingerprint density at radius 3 is 2.71 bits per heavy atom. The van der Waals surface area contributed by atoms with Crippen LogP contribution in [0.15, 0.2) is 40.9 Å². The molecule has 0 aromatic heterocycles. The first kappa shape index (κ1) is 17.6. The molecule has 24 heavy (non-hydrogen) atoms. The van der Waals surface area contributed by atoms with Crippen molar-refractivity contribution in [1.29, 1.82) is 0 Å². The van der Waals surface area contributed by atoms with Crippen LogP contribution in [-0.4, -0.2) is 23.7 Å². The van der Waals surface area contributed by atoms with E-state index in [-0.39, 0.29) is 23.6 Å². The second kappa shape index (κ2) is 7.69. The lowest BCUT2D eigenvalue weighted by atomic mass is 10.2. The molecule has 1 N–H and O–H groups in total. The van der Waals surface area contributed by atoms with Crippen LogP contribution in [-0.2, 0) is 4.79 Å². The van der Waals surface area contributed by atoms with E-state index < -0.39 is 10.8 Å². The normalized spacial score (nSPS) is 10.1.